The zero-order valence-electron chi connectivity index (χ0n) is 11.1. The predicted molar refractivity (Wildman–Crippen MR) is 81.5 cm³/mol. The van der Waals surface area contributed by atoms with Crippen molar-refractivity contribution in [1.82, 2.24) is 4.98 Å². The molecule has 0 atom stereocenters. The number of thiophene rings is 1. The molecule has 1 aromatic carbocycles. The minimum atomic E-state index is -0.439. The minimum absolute atomic E-state index is 0.439. The Bertz CT molecular complexity index is 716. The van der Waals surface area contributed by atoms with Gasteiger partial charge < -0.3 is 0 Å². The van der Waals surface area contributed by atoms with Crippen LogP contribution in [0.2, 0.25) is 0 Å². The van der Waals surface area contributed by atoms with Gasteiger partial charge in [0.15, 0.2) is 0 Å². The lowest BCUT2D eigenvalue weighted by Crippen LogP contribution is -1.87. The second-order valence-electron chi connectivity index (χ2n) is 4.74. The van der Waals surface area contributed by atoms with Crippen LogP contribution in [0.5, 0.6) is 0 Å². The Kier molecular flexibility index (Phi) is 3.61. The number of aryl methyl sites for hydroxylation is 1. The molecule has 0 saturated heterocycles. The molecule has 0 amide bonds. The monoisotopic (exact) mass is 283 g/mol. The Morgan fingerprint density at radius 3 is 2.65 bits per heavy atom. The molecule has 0 fully saturated rings. The van der Waals surface area contributed by atoms with E-state index in [0.29, 0.717) is 0 Å². The first-order valence-corrected chi connectivity index (χ1v) is 7.29. The minimum Gasteiger partial charge on any atom is -0.228 e. The van der Waals surface area contributed by atoms with Crippen molar-refractivity contribution in [2.75, 3.05) is 0 Å². The van der Waals surface area contributed by atoms with Crippen LogP contribution in [-0.4, -0.2) is 4.98 Å². The van der Waals surface area contributed by atoms with Crippen LogP contribution in [0.3, 0.4) is 0 Å². The summed E-state index contributed by atoms with van der Waals surface area (Å²) in [4.78, 5) is 6.13. The summed E-state index contributed by atoms with van der Waals surface area (Å²) < 4.78 is 12.8. The number of benzene rings is 1. The van der Waals surface area contributed by atoms with Gasteiger partial charge in [0.05, 0.1) is 0 Å². The Labute approximate surface area is 121 Å². The largest absolute Gasteiger partial charge is 0.228 e. The van der Waals surface area contributed by atoms with Gasteiger partial charge >= 0.3 is 0 Å². The van der Waals surface area contributed by atoms with E-state index < -0.39 is 5.95 Å². The maximum atomic E-state index is 12.8. The van der Waals surface area contributed by atoms with E-state index in [2.05, 4.69) is 48.3 Å². The van der Waals surface area contributed by atoms with Gasteiger partial charge in [-0.25, -0.2) is 4.98 Å². The average molecular weight is 283 g/mol. The highest BCUT2D eigenvalue weighted by molar-refractivity contribution is 7.15. The number of hydrogen-bond donors (Lipinski definition) is 0. The van der Waals surface area contributed by atoms with E-state index in [4.69, 9.17) is 0 Å². The molecule has 100 valence electrons. The van der Waals surface area contributed by atoms with Crippen LogP contribution in [0.4, 0.5) is 4.39 Å². The third-order valence-corrected chi connectivity index (χ3v) is 4.43. The second-order valence-corrected chi connectivity index (χ2v) is 5.91. The molecule has 0 radical (unpaired) electrons. The SMILES string of the molecule is Cc1ccccc1Cc1ccc(-c2ccc(F)nc2)s1. The normalized spacial score (nSPS) is 10.7. The van der Waals surface area contributed by atoms with Gasteiger partial charge in [-0.3, -0.25) is 0 Å². The van der Waals surface area contributed by atoms with Crippen LogP contribution in [0, 0.1) is 12.9 Å². The van der Waals surface area contributed by atoms with Crippen molar-refractivity contribution in [1.29, 1.82) is 0 Å². The number of halogens is 1. The van der Waals surface area contributed by atoms with Crippen LogP contribution < -0.4 is 0 Å². The van der Waals surface area contributed by atoms with Crippen LogP contribution in [0.1, 0.15) is 16.0 Å². The molecule has 0 spiro atoms. The molecule has 2 heterocycles. The summed E-state index contributed by atoms with van der Waals surface area (Å²) in [5.41, 5.74) is 3.62. The summed E-state index contributed by atoms with van der Waals surface area (Å²) in [5.74, 6) is -0.439. The lowest BCUT2D eigenvalue weighted by molar-refractivity contribution is 0.584. The summed E-state index contributed by atoms with van der Waals surface area (Å²) in [6.45, 7) is 2.13. The van der Waals surface area contributed by atoms with Crippen molar-refractivity contribution >= 4 is 11.3 Å². The van der Waals surface area contributed by atoms with Gasteiger partial charge in [-0.15, -0.1) is 11.3 Å². The smallest absolute Gasteiger partial charge is 0.212 e. The summed E-state index contributed by atoms with van der Waals surface area (Å²) in [6, 6.07) is 15.8. The van der Waals surface area contributed by atoms with E-state index in [0.717, 1.165) is 16.9 Å². The molecule has 2 aromatic heterocycles. The van der Waals surface area contributed by atoms with E-state index in [-0.39, 0.29) is 0 Å². The molecule has 20 heavy (non-hydrogen) atoms. The van der Waals surface area contributed by atoms with E-state index in [1.807, 2.05) is 0 Å². The third kappa shape index (κ3) is 2.78. The van der Waals surface area contributed by atoms with Crippen LogP contribution in [0.25, 0.3) is 10.4 Å². The maximum Gasteiger partial charge on any atom is 0.212 e. The molecule has 3 heteroatoms. The van der Waals surface area contributed by atoms with Gasteiger partial charge in [0, 0.05) is 27.9 Å². The Morgan fingerprint density at radius 1 is 1.05 bits per heavy atom. The Hall–Kier alpha value is -2.00. The van der Waals surface area contributed by atoms with Crippen molar-refractivity contribution in [3.8, 4) is 10.4 Å². The van der Waals surface area contributed by atoms with Gasteiger partial charge in [0.2, 0.25) is 5.95 Å². The number of aromatic nitrogens is 1. The molecular weight excluding hydrogens is 269 g/mol. The first-order chi connectivity index (χ1) is 9.72. The number of nitrogens with zero attached hydrogens (tertiary/aromatic N) is 1. The summed E-state index contributed by atoms with van der Waals surface area (Å²) in [7, 11) is 0. The fourth-order valence-electron chi connectivity index (χ4n) is 2.15. The van der Waals surface area contributed by atoms with Crippen molar-refractivity contribution in [3.05, 3.63) is 76.7 Å². The molecule has 0 unspecified atom stereocenters. The van der Waals surface area contributed by atoms with Gasteiger partial charge in [-0.1, -0.05) is 24.3 Å². The van der Waals surface area contributed by atoms with Gasteiger partial charge in [-0.2, -0.15) is 4.39 Å². The second kappa shape index (κ2) is 5.55. The highest BCUT2D eigenvalue weighted by Crippen LogP contribution is 2.29. The number of rotatable bonds is 3. The molecule has 1 nitrogen and oxygen atoms in total. The third-order valence-electron chi connectivity index (χ3n) is 3.30. The quantitative estimate of drug-likeness (QED) is 0.626. The maximum absolute atomic E-state index is 12.8. The molecule has 0 aliphatic rings. The fourth-order valence-corrected chi connectivity index (χ4v) is 3.17. The van der Waals surface area contributed by atoms with Gasteiger partial charge in [0.25, 0.3) is 0 Å². The summed E-state index contributed by atoms with van der Waals surface area (Å²) in [6.07, 6.45) is 2.52. The van der Waals surface area contributed by atoms with E-state index in [9.17, 15) is 4.39 Å². The van der Waals surface area contributed by atoms with Crippen LogP contribution in [-0.2, 0) is 6.42 Å². The molecule has 0 saturated carbocycles. The topological polar surface area (TPSA) is 12.9 Å². The molecule has 3 aromatic rings. The Balaban J connectivity index is 1.84. The zero-order valence-corrected chi connectivity index (χ0v) is 12.0. The highest BCUT2D eigenvalue weighted by Gasteiger charge is 2.06. The zero-order chi connectivity index (χ0) is 13.9. The van der Waals surface area contributed by atoms with Crippen molar-refractivity contribution in [3.63, 3.8) is 0 Å². The molecule has 0 N–H and O–H groups in total. The number of pyridine rings is 1. The molecule has 0 aliphatic heterocycles. The van der Waals surface area contributed by atoms with Gasteiger partial charge in [-0.05, 0) is 42.3 Å². The lowest BCUT2D eigenvalue weighted by Gasteiger charge is -2.03. The molecule has 0 aliphatic carbocycles. The van der Waals surface area contributed by atoms with Crippen molar-refractivity contribution < 1.29 is 4.39 Å². The number of hydrogen-bond acceptors (Lipinski definition) is 2. The van der Waals surface area contributed by atoms with Gasteiger partial charge in [0.1, 0.15) is 0 Å². The Morgan fingerprint density at radius 2 is 1.90 bits per heavy atom. The molecule has 3 rings (SSSR count). The van der Waals surface area contributed by atoms with Crippen molar-refractivity contribution in [2.45, 2.75) is 13.3 Å². The highest BCUT2D eigenvalue weighted by atomic mass is 32.1. The predicted octanol–water partition coefficient (Wildman–Crippen LogP) is 4.85. The van der Waals surface area contributed by atoms with E-state index in [1.165, 1.54) is 22.1 Å². The van der Waals surface area contributed by atoms with Crippen LogP contribution in [0.15, 0.2) is 54.7 Å². The molecular formula is C17H14FNS. The van der Waals surface area contributed by atoms with Crippen molar-refractivity contribution in [2.24, 2.45) is 0 Å². The first kappa shape index (κ1) is 13.0. The molecule has 0 bridgehead atoms. The summed E-state index contributed by atoms with van der Waals surface area (Å²) in [5, 5.41) is 0. The first-order valence-electron chi connectivity index (χ1n) is 6.47. The average Bonchev–Trinajstić information content (AvgIpc) is 2.91. The standard InChI is InChI=1S/C17H14FNS/c1-12-4-2-3-5-13(12)10-15-7-8-16(20-15)14-6-9-17(18)19-11-14/h2-9,11H,10H2,1H3. The lowest BCUT2D eigenvalue weighted by atomic mass is 10.1. The van der Waals surface area contributed by atoms with E-state index >= 15 is 0 Å². The van der Waals surface area contributed by atoms with E-state index in [1.54, 1.807) is 23.6 Å². The van der Waals surface area contributed by atoms with Crippen LogP contribution >= 0.6 is 11.3 Å². The summed E-state index contributed by atoms with van der Waals surface area (Å²) >= 11 is 1.73. The fraction of sp³-hybridized carbons (Fsp3) is 0.118.